The van der Waals surface area contributed by atoms with Crippen molar-refractivity contribution in [2.75, 3.05) is 32.8 Å². The first-order chi connectivity index (χ1) is 7.76. The van der Waals surface area contributed by atoms with E-state index in [1.165, 1.54) is 13.0 Å². The van der Waals surface area contributed by atoms with Crippen LogP contribution in [-0.2, 0) is 9.53 Å². The molecule has 4 heteroatoms. The van der Waals surface area contributed by atoms with Crippen molar-refractivity contribution in [2.24, 2.45) is 0 Å². The predicted molar refractivity (Wildman–Crippen MR) is 64.4 cm³/mol. The van der Waals surface area contributed by atoms with Crippen LogP contribution >= 0.6 is 0 Å². The van der Waals surface area contributed by atoms with Crippen LogP contribution in [0.4, 0.5) is 0 Å². The molecule has 1 unspecified atom stereocenters. The van der Waals surface area contributed by atoms with Crippen molar-refractivity contribution in [3.8, 4) is 0 Å². The van der Waals surface area contributed by atoms with Gasteiger partial charge in [0.2, 0.25) is 0 Å². The van der Waals surface area contributed by atoms with Gasteiger partial charge < -0.3 is 15.0 Å². The smallest absolute Gasteiger partial charge is 0.319 e. The zero-order valence-electron chi connectivity index (χ0n) is 10.5. The van der Waals surface area contributed by atoms with E-state index in [-0.39, 0.29) is 5.97 Å². The first-order valence-corrected chi connectivity index (χ1v) is 6.37. The quantitative estimate of drug-likeness (QED) is 0.713. The van der Waals surface area contributed by atoms with Gasteiger partial charge in [0.15, 0.2) is 0 Å². The van der Waals surface area contributed by atoms with Crippen LogP contribution in [-0.4, -0.2) is 49.7 Å². The highest BCUT2D eigenvalue weighted by atomic mass is 16.5. The number of carbonyl (C=O) groups excluding carboxylic acids is 1. The maximum Gasteiger partial charge on any atom is 0.319 e. The molecule has 1 heterocycles. The van der Waals surface area contributed by atoms with E-state index in [2.05, 4.69) is 17.1 Å². The number of nitrogens with zero attached hydrogens (tertiary/aromatic N) is 1. The highest BCUT2D eigenvalue weighted by Gasteiger charge is 2.16. The molecule has 4 nitrogen and oxygen atoms in total. The second kappa shape index (κ2) is 7.63. The average molecular weight is 228 g/mol. The van der Waals surface area contributed by atoms with E-state index in [0.717, 1.165) is 25.9 Å². The van der Waals surface area contributed by atoms with Crippen LogP contribution in [0.2, 0.25) is 0 Å². The number of rotatable bonds is 5. The normalized spacial score (nSPS) is 22.8. The third-order valence-corrected chi connectivity index (χ3v) is 3.11. The molecule has 0 bridgehead atoms. The van der Waals surface area contributed by atoms with Gasteiger partial charge >= 0.3 is 5.97 Å². The summed E-state index contributed by atoms with van der Waals surface area (Å²) in [5.74, 6) is -0.140. The largest absolute Gasteiger partial charge is 0.465 e. The second-order valence-electron chi connectivity index (χ2n) is 4.25. The summed E-state index contributed by atoms with van der Waals surface area (Å²) < 4.78 is 4.89. The van der Waals surface area contributed by atoms with Crippen LogP contribution in [0, 0.1) is 0 Å². The summed E-state index contributed by atoms with van der Waals surface area (Å²) in [5, 5.41) is 3.29. The number of hydrogen-bond donors (Lipinski definition) is 1. The standard InChI is InChI=1S/C12H24N2O2/c1-3-14-8-5-6-11(7-9-14)13-10-12(15)16-4-2/h11,13H,3-10H2,1-2H3. The topological polar surface area (TPSA) is 41.6 Å². The first kappa shape index (κ1) is 13.5. The fourth-order valence-electron chi connectivity index (χ4n) is 2.12. The molecule has 94 valence electrons. The summed E-state index contributed by atoms with van der Waals surface area (Å²) in [6.45, 7) is 8.31. The van der Waals surface area contributed by atoms with Gasteiger partial charge in [-0.05, 0) is 45.8 Å². The molecule has 0 aromatic carbocycles. The van der Waals surface area contributed by atoms with E-state index in [4.69, 9.17) is 4.74 Å². The molecule has 1 rings (SSSR count). The van der Waals surface area contributed by atoms with Gasteiger partial charge in [-0.3, -0.25) is 4.79 Å². The Labute approximate surface area is 98.3 Å². The van der Waals surface area contributed by atoms with E-state index in [9.17, 15) is 4.79 Å². The number of ether oxygens (including phenoxy) is 1. The Kier molecular flexibility index (Phi) is 6.42. The van der Waals surface area contributed by atoms with E-state index < -0.39 is 0 Å². The molecule has 16 heavy (non-hydrogen) atoms. The summed E-state index contributed by atoms with van der Waals surface area (Å²) in [6.07, 6.45) is 3.51. The van der Waals surface area contributed by atoms with Gasteiger partial charge in [-0.25, -0.2) is 0 Å². The molecule has 1 N–H and O–H groups in total. The van der Waals surface area contributed by atoms with Gasteiger partial charge in [-0.2, -0.15) is 0 Å². The summed E-state index contributed by atoms with van der Waals surface area (Å²) in [4.78, 5) is 13.7. The Morgan fingerprint density at radius 1 is 1.38 bits per heavy atom. The third-order valence-electron chi connectivity index (χ3n) is 3.11. The molecule has 0 amide bonds. The Hall–Kier alpha value is -0.610. The van der Waals surface area contributed by atoms with Crippen LogP contribution < -0.4 is 5.32 Å². The lowest BCUT2D eigenvalue weighted by molar-refractivity contribution is -0.142. The number of esters is 1. The molecular weight excluding hydrogens is 204 g/mol. The van der Waals surface area contributed by atoms with Crippen LogP contribution in [0.1, 0.15) is 33.1 Å². The molecule has 0 radical (unpaired) electrons. The minimum absolute atomic E-state index is 0.140. The maximum atomic E-state index is 11.2. The van der Waals surface area contributed by atoms with E-state index >= 15 is 0 Å². The molecule has 0 aliphatic carbocycles. The summed E-state index contributed by atoms with van der Waals surface area (Å²) in [5.41, 5.74) is 0. The van der Waals surface area contributed by atoms with Gasteiger partial charge in [-0.15, -0.1) is 0 Å². The molecule has 0 spiro atoms. The fourth-order valence-corrected chi connectivity index (χ4v) is 2.12. The molecule has 0 aromatic heterocycles. The maximum absolute atomic E-state index is 11.2. The van der Waals surface area contributed by atoms with Crippen molar-refractivity contribution in [1.82, 2.24) is 10.2 Å². The number of nitrogens with one attached hydrogen (secondary N) is 1. The minimum Gasteiger partial charge on any atom is -0.465 e. The van der Waals surface area contributed by atoms with E-state index in [1.54, 1.807) is 0 Å². The van der Waals surface area contributed by atoms with Gasteiger partial charge in [0.25, 0.3) is 0 Å². The molecule has 1 atom stereocenters. The van der Waals surface area contributed by atoms with Crippen LogP contribution in [0.15, 0.2) is 0 Å². The third kappa shape index (κ3) is 4.94. The Bertz CT molecular complexity index is 209. The molecule has 1 aliphatic rings. The lowest BCUT2D eigenvalue weighted by atomic mass is 10.1. The predicted octanol–water partition coefficient (Wildman–Crippen LogP) is 1.01. The molecule has 1 aliphatic heterocycles. The number of carbonyl (C=O) groups is 1. The molecule has 1 fully saturated rings. The zero-order valence-corrected chi connectivity index (χ0v) is 10.5. The van der Waals surface area contributed by atoms with Gasteiger partial charge in [-0.1, -0.05) is 6.92 Å². The Balaban J connectivity index is 2.19. The Morgan fingerprint density at radius 3 is 2.88 bits per heavy atom. The molecule has 0 aromatic rings. The lowest BCUT2D eigenvalue weighted by Gasteiger charge is -2.18. The average Bonchev–Trinajstić information content (AvgIpc) is 2.51. The fraction of sp³-hybridized carbons (Fsp3) is 0.917. The van der Waals surface area contributed by atoms with Crippen LogP contribution in [0.5, 0.6) is 0 Å². The van der Waals surface area contributed by atoms with Crippen molar-refractivity contribution in [3.05, 3.63) is 0 Å². The van der Waals surface area contributed by atoms with Gasteiger partial charge in [0.05, 0.1) is 13.2 Å². The van der Waals surface area contributed by atoms with Gasteiger partial charge in [0.1, 0.15) is 0 Å². The van der Waals surface area contributed by atoms with Crippen LogP contribution in [0.3, 0.4) is 0 Å². The van der Waals surface area contributed by atoms with Crippen molar-refractivity contribution >= 4 is 5.97 Å². The number of hydrogen-bond acceptors (Lipinski definition) is 4. The summed E-state index contributed by atoms with van der Waals surface area (Å²) in [7, 11) is 0. The Morgan fingerprint density at radius 2 is 2.19 bits per heavy atom. The highest BCUT2D eigenvalue weighted by molar-refractivity contribution is 5.71. The molecular formula is C12H24N2O2. The molecule has 0 saturated carbocycles. The summed E-state index contributed by atoms with van der Waals surface area (Å²) in [6, 6.07) is 0.473. The first-order valence-electron chi connectivity index (χ1n) is 6.37. The monoisotopic (exact) mass is 228 g/mol. The highest BCUT2D eigenvalue weighted by Crippen LogP contribution is 2.10. The van der Waals surface area contributed by atoms with Crippen molar-refractivity contribution in [2.45, 2.75) is 39.2 Å². The minimum atomic E-state index is -0.140. The molecule has 1 saturated heterocycles. The van der Waals surface area contributed by atoms with Crippen LogP contribution in [0.25, 0.3) is 0 Å². The van der Waals surface area contributed by atoms with Gasteiger partial charge in [0, 0.05) is 6.04 Å². The van der Waals surface area contributed by atoms with Crippen molar-refractivity contribution < 1.29 is 9.53 Å². The lowest BCUT2D eigenvalue weighted by Crippen LogP contribution is -2.35. The zero-order chi connectivity index (χ0) is 11.8. The second-order valence-corrected chi connectivity index (χ2v) is 4.25. The van der Waals surface area contributed by atoms with Crippen molar-refractivity contribution in [1.29, 1.82) is 0 Å². The van der Waals surface area contributed by atoms with Crippen molar-refractivity contribution in [3.63, 3.8) is 0 Å². The van der Waals surface area contributed by atoms with E-state index in [0.29, 0.717) is 19.2 Å². The van der Waals surface area contributed by atoms with E-state index in [1.807, 2.05) is 6.92 Å². The SMILES string of the molecule is CCOC(=O)CNC1CCCN(CC)CC1. The number of likely N-dealkylation sites (tertiary alicyclic amines) is 1. The summed E-state index contributed by atoms with van der Waals surface area (Å²) >= 11 is 0.